The Labute approximate surface area is 153 Å². The van der Waals surface area contributed by atoms with E-state index in [1.807, 2.05) is 24.1 Å². The Bertz CT molecular complexity index is 927. The molecule has 2 aromatic heterocycles. The van der Waals surface area contributed by atoms with Crippen molar-refractivity contribution in [3.05, 3.63) is 51.7 Å². The SMILES string of the molecule is CCS(=O)(=O)N1CCc2nc(N(C)Cc3cccnc3)[nH]c(=O)c2CC1. The molecule has 140 valence electrons. The number of hydrogen-bond acceptors (Lipinski definition) is 6. The lowest BCUT2D eigenvalue weighted by Gasteiger charge is -2.19. The smallest absolute Gasteiger partial charge is 0.255 e. The van der Waals surface area contributed by atoms with E-state index in [4.69, 9.17) is 0 Å². The minimum Gasteiger partial charge on any atom is -0.341 e. The molecule has 0 saturated heterocycles. The lowest BCUT2D eigenvalue weighted by Crippen LogP contribution is -2.34. The first kappa shape index (κ1) is 18.5. The maximum absolute atomic E-state index is 12.5. The number of H-pyrrole nitrogens is 1. The van der Waals surface area contributed by atoms with Gasteiger partial charge in [0, 0.05) is 51.1 Å². The highest BCUT2D eigenvalue weighted by molar-refractivity contribution is 7.89. The van der Waals surface area contributed by atoms with Gasteiger partial charge in [0.25, 0.3) is 5.56 Å². The van der Waals surface area contributed by atoms with Crippen LogP contribution in [0.15, 0.2) is 29.3 Å². The maximum Gasteiger partial charge on any atom is 0.255 e. The second kappa shape index (κ2) is 7.55. The van der Waals surface area contributed by atoms with Gasteiger partial charge < -0.3 is 4.90 Å². The first-order valence-electron chi connectivity index (χ1n) is 8.60. The fourth-order valence-corrected chi connectivity index (χ4v) is 4.16. The molecule has 0 atom stereocenters. The third-order valence-electron chi connectivity index (χ3n) is 4.56. The molecule has 0 saturated carbocycles. The highest BCUT2D eigenvalue weighted by Crippen LogP contribution is 2.16. The van der Waals surface area contributed by atoms with Gasteiger partial charge in [0.1, 0.15) is 0 Å². The van der Waals surface area contributed by atoms with E-state index in [2.05, 4.69) is 15.0 Å². The molecule has 3 heterocycles. The molecule has 0 spiro atoms. The molecule has 9 heteroatoms. The number of nitrogens with zero attached hydrogens (tertiary/aromatic N) is 4. The summed E-state index contributed by atoms with van der Waals surface area (Å²) in [5.41, 5.74) is 2.07. The quantitative estimate of drug-likeness (QED) is 0.817. The highest BCUT2D eigenvalue weighted by atomic mass is 32.2. The minimum absolute atomic E-state index is 0.0617. The van der Waals surface area contributed by atoms with E-state index >= 15 is 0 Å². The van der Waals surface area contributed by atoms with Crippen LogP contribution in [0.1, 0.15) is 23.7 Å². The molecule has 0 aliphatic carbocycles. The van der Waals surface area contributed by atoms with E-state index in [9.17, 15) is 13.2 Å². The molecule has 0 unspecified atom stereocenters. The van der Waals surface area contributed by atoms with Crippen molar-refractivity contribution in [1.82, 2.24) is 19.3 Å². The number of fused-ring (bicyclic) bond motifs is 1. The molecule has 1 aliphatic rings. The summed E-state index contributed by atoms with van der Waals surface area (Å²) in [6.07, 6.45) is 4.30. The second-order valence-electron chi connectivity index (χ2n) is 6.33. The van der Waals surface area contributed by atoms with Crippen molar-refractivity contribution < 1.29 is 8.42 Å². The van der Waals surface area contributed by atoms with Crippen LogP contribution in [0.25, 0.3) is 0 Å². The number of hydrogen-bond donors (Lipinski definition) is 1. The summed E-state index contributed by atoms with van der Waals surface area (Å²) in [4.78, 5) is 25.9. The van der Waals surface area contributed by atoms with Gasteiger partial charge in [-0.25, -0.2) is 17.7 Å². The van der Waals surface area contributed by atoms with Crippen LogP contribution in [0.2, 0.25) is 0 Å². The molecule has 1 N–H and O–H groups in total. The Hall–Kier alpha value is -2.26. The van der Waals surface area contributed by atoms with Crippen LogP contribution in [-0.2, 0) is 29.4 Å². The van der Waals surface area contributed by atoms with Crippen LogP contribution >= 0.6 is 0 Å². The van der Waals surface area contributed by atoms with E-state index in [1.54, 1.807) is 19.3 Å². The van der Waals surface area contributed by atoms with Crippen LogP contribution in [0.5, 0.6) is 0 Å². The predicted octanol–water partition coefficient (Wildman–Crippen LogP) is 0.552. The number of pyridine rings is 1. The highest BCUT2D eigenvalue weighted by Gasteiger charge is 2.25. The average molecular weight is 377 g/mol. The van der Waals surface area contributed by atoms with Crippen LogP contribution in [0, 0.1) is 0 Å². The Morgan fingerprint density at radius 1 is 1.31 bits per heavy atom. The third kappa shape index (κ3) is 3.94. The molecule has 0 amide bonds. The Morgan fingerprint density at radius 2 is 2.08 bits per heavy atom. The summed E-state index contributed by atoms with van der Waals surface area (Å²) < 4.78 is 25.7. The number of anilines is 1. The first-order valence-corrected chi connectivity index (χ1v) is 10.2. The normalized spacial score (nSPS) is 15.3. The number of aromatic amines is 1. The zero-order valence-corrected chi connectivity index (χ0v) is 15.8. The fourth-order valence-electron chi connectivity index (χ4n) is 3.06. The molecule has 1 aliphatic heterocycles. The summed E-state index contributed by atoms with van der Waals surface area (Å²) in [5, 5.41) is 0. The molecule has 0 bridgehead atoms. The van der Waals surface area contributed by atoms with Gasteiger partial charge in [-0.15, -0.1) is 0 Å². The number of rotatable bonds is 5. The first-order chi connectivity index (χ1) is 12.4. The molecule has 0 radical (unpaired) electrons. The van der Waals surface area contributed by atoms with Crippen molar-refractivity contribution >= 4 is 16.0 Å². The lowest BCUT2D eigenvalue weighted by molar-refractivity contribution is 0.427. The van der Waals surface area contributed by atoms with Gasteiger partial charge in [-0.05, 0) is 25.0 Å². The minimum atomic E-state index is -3.27. The van der Waals surface area contributed by atoms with E-state index < -0.39 is 10.0 Å². The molecule has 8 nitrogen and oxygen atoms in total. The van der Waals surface area contributed by atoms with Gasteiger partial charge >= 0.3 is 0 Å². The van der Waals surface area contributed by atoms with Crippen LogP contribution in [0.4, 0.5) is 5.95 Å². The molecule has 2 aromatic rings. The number of nitrogens with one attached hydrogen (secondary N) is 1. The molecular formula is C17H23N5O3S. The average Bonchev–Trinajstić information content (AvgIpc) is 2.86. The van der Waals surface area contributed by atoms with Gasteiger partial charge in [-0.2, -0.15) is 0 Å². The van der Waals surface area contributed by atoms with Crippen LogP contribution in [-0.4, -0.2) is 53.6 Å². The number of sulfonamides is 1. The summed E-state index contributed by atoms with van der Waals surface area (Å²) in [7, 11) is -1.42. The van der Waals surface area contributed by atoms with E-state index in [0.717, 1.165) is 5.56 Å². The Kier molecular flexibility index (Phi) is 5.38. The van der Waals surface area contributed by atoms with Crippen molar-refractivity contribution in [2.24, 2.45) is 0 Å². The van der Waals surface area contributed by atoms with Crippen molar-refractivity contribution in [1.29, 1.82) is 0 Å². The third-order valence-corrected chi connectivity index (χ3v) is 6.44. The zero-order valence-electron chi connectivity index (χ0n) is 15.0. The summed E-state index contributed by atoms with van der Waals surface area (Å²) in [6, 6.07) is 3.82. The summed E-state index contributed by atoms with van der Waals surface area (Å²) in [6.45, 7) is 2.86. The molecular weight excluding hydrogens is 354 g/mol. The lowest BCUT2D eigenvalue weighted by atomic mass is 10.1. The van der Waals surface area contributed by atoms with Crippen molar-refractivity contribution in [3.63, 3.8) is 0 Å². The van der Waals surface area contributed by atoms with Crippen molar-refractivity contribution in [2.75, 3.05) is 30.8 Å². The van der Waals surface area contributed by atoms with Gasteiger partial charge in [0.15, 0.2) is 0 Å². The van der Waals surface area contributed by atoms with Gasteiger partial charge in [-0.1, -0.05) is 6.07 Å². The van der Waals surface area contributed by atoms with Gasteiger partial charge in [-0.3, -0.25) is 14.8 Å². The second-order valence-corrected chi connectivity index (χ2v) is 8.59. The largest absolute Gasteiger partial charge is 0.341 e. The van der Waals surface area contributed by atoms with Crippen molar-refractivity contribution in [3.8, 4) is 0 Å². The topological polar surface area (TPSA) is 99.3 Å². The summed E-state index contributed by atoms with van der Waals surface area (Å²) >= 11 is 0. The predicted molar refractivity (Wildman–Crippen MR) is 99.6 cm³/mol. The van der Waals surface area contributed by atoms with Crippen LogP contribution in [0.3, 0.4) is 0 Å². The molecule has 0 aromatic carbocycles. The molecule has 3 rings (SSSR count). The van der Waals surface area contributed by atoms with E-state index in [-0.39, 0.29) is 11.3 Å². The monoisotopic (exact) mass is 377 g/mol. The number of aromatic nitrogens is 3. The van der Waals surface area contributed by atoms with Gasteiger partial charge in [0.05, 0.1) is 11.4 Å². The summed E-state index contributed by atoms with van der Waals surface area (Å²) in [5.74, 6) is 0.538. The standard InChI is InChI=1S/C17H23N5O3S/c1-3-26(24,25)22-9-6-14-15(7-10-22)19-17(20-16(14)23)21(2)12-13-5-4-8-18-11-13/h4-5,8,11H,3,6-7,9-10,12H2,1-2H3,(H,19,20,23). The molecule has 0 fully saturated rings. The van der Waals surface area contributed by atoms with Crippen molar-refractivity contribution in [2.45, 2.75) is 26.3 Å². The fraction of sp³-hybridized carbons (Fsp3) is 0.471. The van der Waals surface area contributed by atoms with E-state index in [1.165, 1.54) is 4.31 Å². The van der Waals surface area contributed by atoms with Crippen LogP contribution < -0.4 is 10.5 Å². The van der Waals surface area contributed by atoms with E-state index in [0.29, 0.717) is 49.7 Å². The zero-order chi connectivity index (χ0) is 18.7. The Morgan fingerprint density at radius 3 is 2.77 bits per heavy atom. The maximum atomic E-state index is 12.5. The Balaban J connectivity index is 1.84. The van der Waals surface area contributed by atoms with Gasteiger partial charge in [0.2, 0.25) is 16.0 Å². The molecule has 26 heavy (non-hydrogen) atoms.